The van der Waals surface area contributed by atoms with Crippen LogP contribution >= 0.6 is 11.8 Å². The van der Waals surface area contributed by atoms with Crippen LogP contribution in [0, 0.1) is 5.41 Å². The summed E-state index contributed by atoms with van der Waals surface area (Å²) in [5.41, 5.74) is -0.100. The first-order valence-corrected chi connectivity index (χ1v) is 10.3. The molecule has 2 radical (unpaired) electrons. The third kappa shape index (κ3) is 4.01. The van der Waals surface area contributed by atoms with Gasteiger partial charge in [-0.1, -0.05) is 53.7 Å². The maximum absolute atomic E-state index is 12.7. The lowest BCUT2D eigenvalue weighted by atomic mass is 9.58. The maximum atomic E-state index is 12.7. The van der Waals surface area contributed by atoms with Gasteiger partial charge in [-0.25, -0.2) is 4.90 Å². The molecule has 0 aliphatic carbocycles. The molecular formula is C21H28BNO3S. The number of thioether (sulfide) groups is 1. The number of carbonyl (C=O) groups excluding carboxylic acids is 3. The molecule has 0 spiro atoms. The molecule has 0 aromatic heterocycles. The van der Waals surface area contributed by atoms with Crippen LogP contribution in [-0.2, 0) is 19.8 Å². The van der Waals surface area contributed by atoms with E-state index in [1.165, 1.54) is 4.90 Å². The van der Waals surface area contributed by atoms with E-state index in [-0.39, 0.29) is 29.2 Å². The zero-order chi connectivity index (χ0) is 20.6. The smallest absolute Gasteiger partial charge is 0.247 e. The van der Waals surface area contributed by atoms with Gasteiger partial charge in [-0.15, -0.1) is 11.8 Å². The Bertz CT molecular complexity index is 742. The van der Waals surface area contributed by atoms with Gasteiger partial charge in [0, 0.05) is 22.5 Å². The van der Waals surface area contributed by atoms with Crippen LogP contribution in [0.2, 0.25) is 0 Å². The SMILES string of the molecule is [B]C(=O)C(C)(C)C(C)(C)c1ccc(N2C(=O)CC(SC(C)CC)C2=O)cc1. The predicted octanol–water partition coefficient (Wildman–Crippen LogP) is 3.85. The first-order chi connectivity index (χ1) is 12.4. The summed E-state index contributed by atoms with van der Waals surface area (Å²) in [6.07, 6.45) is 1.21. The standard InChI is InChI=1S/C21H28BNO3S/c1-7-13(2)27-16-12-17(24)23(18(16)25)15-10-8-14(9-11-15)20(3,4)21(5,6)19(22)26/h8-11,13,16H,7,12H2,1-6H3. The number of anilines is 1. The molecule has 1 aromatic rings. The molecule has 144 valence electrons. The molecule has 0 N–H and O–H groups in total. The van der Waals surface area contributed by atoms with Crippen LogP contribution in [-0.4, -0.2) is 35.8 Å². The first-order valence-electron chi connectivity index (χ1n) is 9.36. The number of nitrogens with zero attached hydrogens (tertiary/aromatic N) is 1. The number of hydrogen-bond acceptors (Lipinski definition) is 4. The molecule has 27 heavy (non-hydrogen) atoms. The van der Waals surface area contributed by atoms with Crippen LogP contribution < -0.4 is 4.90 Å². The van der Waals surface area contributed by atoms with Crippen molar-refractivity contribution >= 4 is 42.8 Å². The summed E-state index contributed by atoms with van der Waals surface area (Å²) in [6, 6.07) is 7.30. The van der Waals surface area contributed by atoms with E-state index >= 15 is 0 Å². The zero-order valence-electron chi connectivity index (χ0n) is 17.0. The summed E-state index contributed by atoms with van der Waals surface area (Å²) in [5, 5.41) is 0.0308. The summed E-state index contributed by atoms with van der Waals surface area (Å²) >= 11 is 1.57. The molecule has 6 heteroatoms. The molecular weight excluding hydrogens is 357 g/mol. The van der Waals surface area contributed by atoms with E-state index in [0.29, 0.717) is 10.9 Å². The van der Waals surface area contributed by atoms with Crippen molar-refractivity contribution in [2.45, 2.75) is 70.3 Å². The Kier molecular flexibility index (Phi) is 6.30. The van der Waals surface area contributed by atoms with Crippen LogP contribution in [0.4, 0.5) is 5.69 Å². The lowest BCUT2D eigenvalue weighted by Crippen LogP contribution is -2.43. The van der Waals surface area contributed by atoms with Gasteiger partial charge in [0.15, 0.2) is 7.85 Å². The van der Waals surface area contributed by atoms with E-state index < -0.39 is 10.8 Å². The van der Waals surface area contributed by atoms with Crippen LogP contribution in [0.15, 0.2) is 24.3 Å². The quantitative estimate of drug-likeness (QED) is 0.529. The van der Waals surface area contributed by atoms with Gasteiger partial charge in [0.05, 0.1) is 16.6 Å². The Morgan fingerprint density at radius 1 is 1.22 bits per heavy atom. The largest absolute Gasteiger partial charge is 0.312 e. The van der Waals surface area contributed by atoms with E-state index in [9.17, 15) is 14.4 Å². The molecule has 2 rings (SSSR count). The molecule has 1 saturated heterocycles. The third-order valence-electron chi connectivity index (χ3n) is 6.10. The molecule has 1 heterocycles. The molecule has 2 unspecified atom stereocenters. The van der Waals surface area contributed by atoms with Crippen molar-refractivity contribution in [1.29, 1.82) is 0 Å². The molecule has 4 nitrogen and oxygen atoms in total. The van der Waals surface area contributed by atoms with E-state index in [0.717, 1.165) is 12.0 Å². The van der Waals surface area contributed by atoms with E-state index in [4.69, 9.17) is 7.85 Å². The van der Waals surface area contributed by atoms with Gasteiger partial charge in [0.2, 0.25) is 11.8 Å². The number of carbonyl (C=O) groups is 3. The molecule has 1 fully saturated rings. The summed E-state index contributed by atoms with van der Waals surface area (Å²) in [4.78, 5) is 38.3. The summed E-state index contributed by atoms with van der Waals surface area (Å²) < 4.78 is 0. The van der Waals surface area contributed by atoms with Crippen molar-refractivity contribution in [3.8, 4) is 0 Å². The monoisotopic (exact) mass is 385 g/mol. The summed E-state index contributed by atoms with van der Waals surface area (Å²) in [6.45, 7) is 11.7. The Morgan fingerprint density at radius 2 is 1.78 bits per heavy atom. The van der Waals surface area contributed by atoms with Gasteiger partial charge in [0.25, 0.3) is 0 Å². The second-order valence-electron chi connectivity index (χ2n) is 8.28. The second-order valence-corrected chi connectivity index (χ2v) is 9.92. The Labute approximate surface area is 167 Å². The Balaban J connectivity index is 2.26. The van der Waals surface area contributed by atoms with Crippen molar-refractivity contribution in [2.24, 2.45) is 5.41 Å². The minimum absolute atomic E-state index is 0.144. The normalized spacial score (nSPS) is 19.5. The summed E-state index contributed by atoms with van der Waals surface area (Å²) in [7, 11) is 5.59. The summed E-state index contributed by atoms with van der Waals surface area (Å²) in [5.74, 6) is -0.306. The van der Waals surface area contributed by atoms with Gasteiger partial charge >= 0.3 is 0 Å². The van der Waals surface area contributed by atoms with Crippen LogP contribution in [0.1, 0.15) is 59.9 Å². The highest BCUT2D eigenvalue weighted by molar-refractivity contribution is 8.01. The first kappa shape index (κ1) is 21.7. The molecule has 1 aliphatic rings. The Hall–Kier alpha value is -1.56. The fourth-order valence-corrected chi connectivity index (χ4v) is 4.27. The Morgan fingerprint density at radius 3 is 2.26 bits per heavy atom. The second kappa shape index (κ2) is 7.82. The number of rotatable bonds is 7. The molecule has 2 atom stereocenters. The van der Waals surface area contributed by atoms with E-state index in [1.54, 1.807) is 23.9 Å². The number of imide groups is 1. The van der Waals surface area contributed by atoms with Crippen molar-refractivity contribution < 1.29 is 14.4 Å². The fourth-order valence-electron chi connectivity index (χ4n) is 3.05. The average Bonchev–Trinajstić information content (AvgIpc) is 2.88. The lowest BCUT2D eigenvalue weighted by molar-refractivity contribution is -0.122. The average molecular weight is 385 g/mol. The highest BCUT2D eigenvalue weighted by atomic mass is 32.2. The number of amides is 2. The van der Waals surface area contributed by atoms with Gasteiger partial charge in [-0.3, -0.25) is 9.59 Å². The van der Waals surface area contributed by atoms with Gasteiger partial charge in [-0.05, 0) is 24.1 Å². The van der Waals surface area contributed by atoms with Crippen molar-refractivity contribution in [1.82, 2.24) is 0 Å². The van der Waals surface area contributed by atoms with E-state index in [2.05, 4.69) is 13.8 Å². The number of benzene rings is 1. The third-order valence-corrected chi connectivity index (χ3v) is 7.60. The van der Waals surface area contributed by atoms with Crippen molar-refractivity contribution in [3.63, 3.8) is 0 Å². The molecule has 0 saturated carbocycles. The van der Waals surface area contributed by atoms with E-state index in [1.807, 2.05) is 39.8 Å². The highest BCUT2D eigenvalue weighted by Crippen LogP contribution is 2.42. The fraction of sp³-hybridized carbons (Fsp3) is 0.571. The zero-order valence-corrected chi connectivity index (χ0v) is 17.9. The minimum Gasteiger partial charge on any atom is -0.312 e. The molecule has 2 amide bonds. The maximum Gasteiger partial charge on any atom is 0.247 e. The van der Waals surface area contributed by atoms with Crippen LogP contribution in [0.3, 0.4) is 0 Å². The van der Waals surface area contributed by atoms with Crippen LogP contribution in [0.5, 0.6) is 0 Å². The topological polar surface area (TPSA) is 54.5 Å². The minimum atomic E-state index is -0.744. The van der Waals surface area contributed by atoms with Crippen molar-refractivity contribution in [2.75, 3.05) is 4.90 Å². The van der Waals surface area contributed by atoms with Crippen LogP contribution in [0.25, 0.3) is 0 Å². The molecule has 1 aromatic carbocycles. The predicted molar refractivity (Wildman–Crippen MR) is 112 cm³/mol. The molecule has 0 bridgehead atoms. The van der Waals surface area contributed by atoms with Crippen molar-refractivity contribution in [3.05, 3.63) is 29.8 Å². The van der Waals surface area contributed by atoms with Gasteiger partial charge in [0.1, 0.15) is 0 Å². The lowest BCUT2D eigenvalue weighted by Gasteiger charge is -2.41. The van der Waals surface area contributed by atoms with Gasteiger partial charge in [-0.2, -0.15) is 0 Å². The number of hydrogen-bond donors (Lipinski definition) is 0. The van der Waals surface area contributed by atoms with Gasteiger partial charge < -0.3 is 4.79 Å². The molecule has 1 aliphatic heterocycles. The highest BCUT2D eigenvalue weighted by Gasteiger charge is 2.43.